The Hall–Kier alpha value is -1.56. The van der Waals surface area contributed by atoms with Gasteiger partial charge in [0, 0.05) is 11.1 Å². The summed E-state index contributed by atoms with van der Waals surface area (Å²) in [5.74, 6) is 2.31. The highest BCUT2D eigenvalue weighted by molar-refractivity contribution is 9.10. The van der Waals surface area contributed by atoms with E-state index in [1.54, 1.807) is 7.11 Å². The molecule has 0 saturated carbocycles. The average molecular weight is 367 g/mol. The molecule has 0 aliphatic carbocycles. The fraction of sp³-hybridized carbons (Fsp3) is 0.294. The summed E-state index contributed by atoms with van der Waals surface area (Å²) in [7, 11) is 1.64. The summed E-state index contributed by atoms with van der Waals surface area (Å²) >= 11 is 3.51. The Morgan fingerprint density at radius 2 is 1.59 bits per heavy atom. The van der Waals surface area contributed by atoms with Crippen LogP contribution >= 0.6 is 15.9 Å². The molecule has 0 amide bonds. The summed E-state index contributed by atoms with van der Waals surface area (Å²) in [6, 6.07) is 13.2. The smallest absolute Gasteiger partial charge is 0.147 e. The molecule has 0 heterocycles. The molecule has 5 heteroatoms. The van der Waals surface area contributed by atoms with Gasteiger partial charge in [0.1, 0.15) is 24.0 Å². The van der Waals surface area contributed by atoms with Crippen LogP contribution in [-0.2, 0) is 16.1 Å². The lowest BCUT2D eigenvalue weighted by atomic mass is 10.2. The predicted molar refractivity (Wildman–Crippen MR) is 88.5 cm³/mol. The number of benzene rings is 2. The van der Waals surface area contributed by atoms with Crippen molar-refractivity contribution in [1.29, 1.82) is 0 Å². The van der Waals surface area contributed by atoms with Gasteiger partial charge in [0.05, 0.1) is 13.7 Å². The third-order valence-electron chi connectivity index (χ3n) is 2.94. The van der Waals surface area contributed by atoms with Gasteiger partial charge in [-0.1, -0.05) is 15.9 Å². The van der Waals surface area contributed by atoms with Crippen LogP contribution in [0.15, 0.2) is 46.9 Å². The summed E-state index contributed by atoms with van der Waals surface area (Å²) in [4.78, 5) is 0. The molecule has 2 aromatic rings. The van der Waals surface area contributed by atoms with Crippen LogP contribution in [0.2, 0.25) is 0 Å². The largest absolute Gasteiger partial charge is 0.497 e. The first-order valence-corrected chi connectivity index (χ1v) is 7.78. The van der Waals surface area contributed by atoms with E-state index in [1.807, 2.05) is 49.4 Å². The van der Waals surface area contributed by atoms with Gasteiger partial charge in [-0.3, -0.25) is 0 Å². The number of hydrogen-bond donors (Lipinski definition) is 0. The summed E-state index contributed by atoms with van der Waals surface area (Å²) in [6.07, 6.45) is 0. The Morgan fingerprint density at radius 3 is 2.27 bits per heavy atom. The molecule has 22 heavy (non-hydrogen) atoms. The normalized spacial score (nSPS) is 10.5. The van der Waals surface area contributed by atoms with Crippen molar-refractivity contribution in [3.8, 4) is 17.2 Å². The molecule has 0 fully saturated rings. The second-order valence-electron chi connectivity index (χ2n) is 4.49. The minimum absolute atomic E-state index is 0.284. The average Bonchev–Trinajstić information content (AvgIpc) is 2.55. The second-order valence-corrected chi connectivity index (χ2v) is 5.34. The van der Waals surface area contributed by atoms with Gasteiger partial charge in [0.25, 0.3) is 0 Å². The lowest BCUT2D eigenvalue weighted by molar-refractivity contribution is -0.0573. The van der Waals surface area contributed by atoms with Crippen LogP contribution < -0.4 is 9.47 Å². The van der Waals surface area contributed by atoms with Gasteiger partial charge in [-0.05, 0) is 55.0 Å². The zero-order valence-electron chi connectivity index (χ0n) is 12.7. The van der Waals surface area contributed by atoms with Crippen LogP contribution in [0.4, 0.5) is 0 Å². The zero-order valence-corrected chi connectivity index (χ0v) is 14.3. The van der Waals surface area contributed by atoms with Gasteiger partial charge in [0.2, 0.25) is 0 Å². The Balaban J connectivity index is 2.01. The quantitative estimate of drug-likeness (QED) is 0.498. The highest BCUT2D eigenvalue weighted by Crippen LogP contribution is 2.28. The van der Waals surface area contributed by atoms with E-state index in [0.717, 1.165) is 27.3 Å². The molecule has 118 valence electrons. The first-order chi connectivity index (χ1) is 10.7. The lowest BCUT2D eigenvalue weighted by Gasteiger charge is -2.10. The number of hydrogen-bond acceptors (Lipinski definition) is 4. The van der Waals surface area contributed by atoms with Crippen molar-refractivity contribution in [3.05, 3.63) is 52.5 Å². The minimum Gasteiger partial charge on any atom is -0.497 e. The van der Waals surface area contributed by atoms with Gasteiger partial charge in [0.15, 0.2) is 0 Å². The van der Waals surface area contributed by atoms with Crippen molar-refractivity contribution in [3.63, 3.8) is 0 Å². The molecule has 0 aromatic heterocycles. The molecule has 0 atom stereocenters. The SMILES string of the molecule is CCOCOCc1cc(Oc2ccc(OC)cc2)ccc1Br. The van der Waals surface area contributed by atoms with Crippen molar-refractivity contribution >= 4 is 15.9 Å². The predicted octanol–water partition coefficient (Wildman–Crippen LogP) is 4.76. The van der Waals surface area contributed by atoms with Crippen LogP contribution in [0.5, 0.6) is 17.2 Å². The van der Waals surface area contributed by atoms with Crippen LogP contribution in [-0.4, -0.2) is 20.5 Å². The van der Waals surface area contributed by atoms with Gasteiger partial charge < -0.3 is 18.9 Å². The van der Waals surface area contributed by atoms with Gasteiger partial charge in [-0.25, -0.2) is 0 Å². The van der Waals surface area contributed by atoms with Gasteiger partial charge in [-0.15, -0.1) is 0 Å². The summed E-state index contributed by atoms with van der Waals surface area (Å²) < 4.78 is 22.6. The number of halogens is 1. The Labute approximate surface area is 139 Å². The standard InChI is InChI=1S/C17H19BrO4/c1-3-20-12-21-11-13-10-16(8-9-17(13)18)22-15-6-4-14(19-2)5-7-15/h4-10H,3,11-12H2,1-2H3. The van der Waals surface area contributed by atoms with Crippen LogP contribution in [0.25, 0.3) is 0 Å². The summed E-state index contributed by atoms with van der Waals surface area (Å²) in [5, 5.41) is 0. The van der Waals surface area contributed by atoms with Crippen molar-refractivity contribution in [2.24, 2.45) is 0 Å². The van der Waals surface area contributed by atoms with Crippen molar-refractivity contribution in [1.82, 2.24) is 0 Å². The third-order valence-corrected chi connectivity index (χ3v) is 3.71. The highest BCUT2D eigenvalue weighted by atomic mass is 79.9. The molecule has 0 unspecified atom stereocenters. The fourth-order valence-electron chi connectivity index (χ4n) is 1.80. The van der Waals surface area contributed by atoms with E-state index in [-0.39, 0.29) is 6.79 Å². The molecular weight excluding hydrogens is 348 g/mol. The highest BCUT2D eigenvalue weighted by Gasteiger charge is 2.05. The van der Waals surface area contributed by atoms with Crippen LogP contribution in [0.3, 0.4) is 0 Å². The molecular formula is C17H19BrO4. The molecule has 4 nitrogen and oxygen atoms in total. The number of ether oxygens (including phenoxy) is 4. The molecule has 2 aromatic carbocycles. The summed E-state index contributed by atoms with van der Waals surface area (Å²) in [6.45, 7) is 3.32. The minimum atomic E-state index is 0.284. The maximum Gasteiger partial charge on any atom is 0.147 e. The lowest BCUT2D eigenvalue weighted by Crippen LogP contribution is -2.00. The van der Waals surface area contributed by atoms with E-state index in [4.69, 9.17) is 18.9 Å². The van der Waals surface area contributed by atoms with Gasteiger partial charge in [-0.2, -0.15) is 0 Å². The van der Waals surface area contributed by atoms with E-state index in [0.29, 0.717) is 13.2 Å². The molecule has 2 rings (SSSR count). The van der Waals surface area contributed by atoms with E-state index in [2.05, 4.69) is 15.9 Å². The second kappa shape index (κ2) is 8.78. The molecule has 0 bridgehead atoms. The van der Waals surface area contributed by atoms with E-state index in [1.165, 1.54) is 0 Å². The maximum atomic E-state index is 5.84. The molecule has 0 aliphatic heterocycles. The van der Waals surface area contributed by atoms with Crippen molar-refractivity contribution in [2.75, 3.05) is 20.5 Å². The van der Waals surface area contributed by atoms with E-state index < -0.39 is 0 Å². The number of methoxy groups -OCH3 is 1. The molecule has 0 aliphatic rings. The fourth-order valence-corrected chi connectivity index (χ4v) is 2.16. The van der Waals surface area contributed by atoms with Crippen molar-refractivity contribution in [2.45, 2.75) is 13.5 Å². The van der Waals surface area contributed by atoms with Crippen molar-refractivity contribution < 1.29 is 18.9 Å². The van der Waals surface area contributed by atoms with Gasteiger partial charge >= 0.3 is 0 Å². The molecule has 0 spiro atoms. The number of rotatable bonds is 8. The van der Waals surface area contributed by atoms with E-state index >= 15 is 0 Å². The first kappa shape index (κ1) is 16.8. The Kier molecular flexibility index (Phi) is 6.71. The molecule has 0 N–H and O–H groups in total. The molecule has 0 saturated heterocycles. The summed E-state index contributed by atoms with van der Waals surface area (Å²) in [5.41, 5.74) is 1.01. The first-order valence-electron chi connectivity index (χ1n) is 6.98. The topological polar surface area (TPSA) is 36.9 Å². The van der Waals surface area contributed by atoms with E-state index in [9.17, 15) is 0 Å². The maximum absolute atomic E-state index is 5.84. The Bertz CT molecular complexity index is 584. The Morgan fingerprint density at radius 1 is 0.909 bits per heavy atom. The third kappa shape index (κ3) is 5.02. The van der Waals surface area contributed by atoms with Crippen LogP contribution in [0, 0.1) is 0 Å². The monoisotopic (exact) mass is 366 g/mol. The van der Waals surface area contributed by atoms with Crippen LogP contribution in [0.1, 0.15) is 12.5 Å². The molecule has 0 radical (unpaired) electrons. The zero-order chi connectivity index (χ0) is 15.8.